The molecule has 0 saturated heterocycles. The van der Waals surface area contributed by atoms with E-state index >= 15 is 0 Å². The molecule has 0 spiro atoms. The van der Waals surface area contributed by atoms with Gasteiger partial charge in [0.05, 0.1) is 7.11 Å². The predicted octanol–water partition coefficient (Wildman–Crippen LogP) is 3.90. The molecule has 1 amide bonds. The highest BCUT2D eigenvalue weighted by molar-refractivity contribution is 5.93. The Kier molecular flexibility index (Phi) is 6.18. The average Bonchev–Trinajstić information content (AvgIpc) is 3.34. The van der Waals surface area contributed by atoms with Gasteiger partial charge in [-0.15, -0.1) is 5.10 Å². The smallest absolute Gasteiger partial charge is 0.249 e. The van der Waals surface area contributed by atoms with Crippen LogP contribution in [0.3, 0.4) is 0 Å². The molecule has 8 heteroatoms. The van der Waals surface area contributed by atoms with Crippen molar-refractivity contribution >= 4 is 11.6 Å². The molecule has 0 fully saturated rings. The second-order valence-electron chi connectivity index (χ2n) is 6.76. The lowest BCUT2D eigenvalue weighted by molar-refractivity contribution is -0.119. The third-order valence-corrected chi connectivity index (χ3v) is 4.68. The lowest BCUT2D eigenvalue weighted by Gasteiger charge is -2.17. The molecule has 1 unspecified atom stereocenters. The number of rotatable bonds is 8. The van der Waals surface area contributed by atoms with E-state index in [9.17, 15) is 4.79 Å². The Morgan fingerprint density at radius 2 is 1.68 bits per heavy atom. The number of carbonyl (C=O) groups excluding carboxylic acids is 1. The van der Waals surface area contributed by atoms with E-state index < -0.39 is 6.04 Å². The summed E-state index contributed by atoms with van der Waals surface area (Å²) < 4.78 is 12.6. The Balaban J connectivity index is 1.46. The van der Waals surface area contributed by atoms with E-state index in [0.29, 0.717) is 29.4 Å². The summed E-state index contributed by atoms with van der Waals surface area (Å²) in [7, 11) is 1.59. The first-order valence-electron chi connectivity index (χ1n) is 9.71. The molecule has 4 rings (SSSR count). The van der Waals surface area contributed by atoms with Gasteiger partial charge in [-0.3, -0.25) is 4.79 Å². The van der Waals surface area contributed by atoms with Crippen molar-refractivity contribution in [1.29, 1.82) is 0 Å². The van der Waals surface area contributed by atoms with Crippen LogP contribution in [0.2, 0.25) is 0 Å². The van der Waals surface area contributed by atoms with Crippen molar-refractivity contribution in [2.45, 2.75) is 12.5 Å². The SMILES string of the molecule is COc1ccccc1Oc1ccc(NC(=O)C(Cc2ccccc2)n2cnnn2)cc1. The zero-order valence-corrected chi connectivity index (χ0v) is 16.9. The van der Waals surface area contributed by atoms with Crippen molar-refractivity contribution < 1.29 is 14.3 Å². The summed E-state index contributed by atoms with van der Waals surface area (Å²) in [5.41, 5.74) is 1.65. The topological polar surface area (TPSA) is 91.2 Å². The van der Waals surface area contributed by atoms with Crippen LogP contribution in [0.25, 0.3) is 0 Å². The lowest BCUT2D eigenvalue weighted by Crippen LogP contribution is -2.28. The Morgan fingerprint density at radius 3 is 2.35 bits per heavy atom. The summed E-state index contributed by atoms with van der Waals surface area (Å²) >= 11 is 0. The minimum absolute atomic E-state index is 0.213. The molecule has 0 bridgehead atoms. The highest BCUT2D eigenvalue weighted by Crippen LogP contribution is 2.31. The van der Waals surface area contributed by atoms with E-state index in [-0.39, 0.29) is 5.91 Å². The molecule has 31 heavy (non-hydrogen) atoms. The van der Waals surface area contributed by atoms with Gasteiger partial charge in [0, 0.05) is 12.1 Å². The first-order chi connectivity index (χ1) is 15.2. The minimum Gasteiger partial charge on any atom is -0.493 e. The molecule has 1 atom stereocenters. The zero-order chi connectivity index (χ0) is 21.5. The van der Waals surface area contributed by atoms with Gasteiger partial charge in [-0.1, -0.05) is 42.5 Å². The highest BCUT2D eigenvalue weighted by atomic mass is 16.5. The second kappa shape index (κ2) is 9.53. The third kappa shape index (κ3) is 5.05. The van der Waals surface area contributed by atoms with Gasteiger partial charge in [-0.2, -0.15) is 0 Å². The van der Waals surface area contributed by atoms with Crippen LogP contribution in [0, 0.1) is 0 Å². The number of para-hydroxylation sites is 2. The molecule has 3 aromatic carbocycles. The number of ether oxygens (including phenoxy) is 2. The van der Waals surface area contributed by atoms with Crippen LogP contribution in [0.15, 0.2) is 85.2 Å². The Morgan fingerprint density at radius 1 is 0.968 bits per heavy atom. The fraction of sp³-hybridized carbons (Fsp3) is 0.130. The normalized spacial score (nSPS) is 11.5. The van der Waals surface area contributed by atoms with E-state index in [0.717, 1.165) is 5.56 Å². The fourth-order valence-corrected chi connectivity index (χ4v) is 3.12. The van der Waals surface area contributed by atoms with E-state index in [4.69, 9.17) is 9.47 Å². The molecule has 1 aromatic heterocycles. The number of anilines is 1. The van der Waals surface area contributed by atoms with Crippen LogP contribution >= 0.6 is 0 Å². The standard InChI is InChI=1S/C23H21N5O3/c1-30-21-9-5-6-10-22(21)31-19-13-11-18(12-14-19)25-23(29)20(28-16-24-26-27-28)15-17-7-3-2-4-8-17/h2-14,16,20H,15H2,1H3,(H,25,29). The highest BCUT2D eigenvalue weighted by Gasteiger charge is 2.22. The van der Waals surface area contributed by atoms with Crippen molar-refractivity contribution in [2.24, 2.45) is 0 Å². The largest absolute Gasteiger partial charge is 0.493 e. The van der Waals surface area contributed by atoms with Gasteiger partial charge in [0.2, 0.25) is 5.91 Å². The monoisotopic (exact) mass is 415 g/mol. The van der Waals surface area contributed by atoms with Gasteiger partial charge in [0.1, 0.15) is 18.1 Å². The molecule has 1 N–H and O–H groups in total. The van der Waals surface area contributed by atoms with Crippen LogP contribution < -0.4 is 14.8 Å². The van der Waals surface area contributed by atoms with E-state index in [1.54, 1.807) is 31.4 Å². The number of aromatic nitrogens is 4. The summed E-state index contributed by atoms with van der Waals surface area (Å²) in [6.45, 7) is 0. The van der Waals surface area contributed by atoms with Gasteiger partial charge in [0.15, 0.2) is 11.5 Å². The van der Waals surface area contributed by atoms with E-state index in [2.05, 4.69) is 20.8 Å². The van der Waals surface area contributed by atoms with Gasteiger partial charge in [0.25, 0.3) is 0 Å². The molecular weight excluding hydrogens is 394 g/mol. The molecule has 0 saturated carbocycles. The predicted molar refractivity (Wildman–Crippen MR) is 115 cm³/mol. The number of nitrogens with one attached hydrogen (secondary N) is 1. The zero-order valence-electron chi connectivity index (χ0n) is 16.9. The summed E-state index contributed by atoms with van der Waals surface area (Å²) in [6, 6.07) is 23.7. The van der Waals surface area contributed by atoms with E-state index in [1.807, 2.05) is 54.6 Å². The number of hydrogen-bond acceptors (Lipinski definition) is 6. The van der Waals surface area contributed by atoms with Crippen molar-refractivity contribution in [1.82, 2.24) is 20.2 Å². The number of benzene rings is 3. The molecule has 0 aliphatic rings. The minimum atomic E-state index is -0.582. The lowest BCUT2D eigenvalue weighted by atomic mass is 10.1. The first-order valence-corrected chi connectivity index (χ1v) is 9.71. The maximum Gasteiger partial charge on any atom is 0.249 e. The third-order valence-electron chi connectivity index (χ3n) is 4.68. The van der Waals surface area contributed by atoms with Crippen LogP contribution in [0.1, 0.15) is 11.6 Å². The van der Waals surface area contributed by atoms with Crippen LogP contribution in [0.4, 0.5) is 5.69 Å². The number of tetrazole rings is 1. The number of nitrogens with zero attached hydrogens (tertiary/aromatic N) is 4. The van der Waals surface area contributed by atoms with Gasteiger partial charge in [-0.25, -0.2) is 4.68 Å². The van der Waals surface area contributed by atoms with Crippen LogP contribution in [-0.2, 0) is 11.2 Å². The first kappa shape index (κ1) is 20.1. The second-order valence-corrected chi connectivity index (χ2v) is 6.76. The van der Waals surface area contributed by atoms with Crippen molar-refractivity contribution in [3.05, 3.63) is 90.8 Å². The summed E-state index contributed by atoms with van der Waals surface area (Å²) in [4.78, 5) is 13.0. The van der Waals surface area contributed by atoms with E-state index in [1.165, 1.54) is 11.0 Å². The molecule has 0 aliphatic carbocycles. The molecule has 8 nitrogen and oxygen atoms in total. The maximum absolute atomic E-state index is 13.0. The molecule has 0 radical (unpaired) electrons. The fourth-order valence-electron chi connectivity index (χ4n) is 3.12. The number of amides is 1. The molecule has 0 aliphatic heterocycles. The van der Waals surface area contributed by atoms with Crippen LogP contribution in [0.5, 0.6) is 17.2 Å². The summed E-state index contributed by atoms with van der Waals surface area (Å²) in [5.74, 6) is 1.67. The quantitative estimate of drug-likeness (QED) is 0.469. The average molecular weight is 415 g/mol. The molecular formula is C23H21N5O3. The number of carbonyl (C=O) groups is 1. The van der Waals surface area contributed by atoms with Crippen molar-refractivity contribution in [3.8, 4) is 17.2 Å². The Bertz CT molecular complexity index is 1120. The molecule has 156 valence electrons. The van der Waals surface area contributed by atoms with Gasteiger partial charge < -0.3 is 14.8 Å². The number of methoxy groups -OCH3 is 1. The maximum atomic E-state index is 13.0. The number of hydrogen-bond donors (Lipinski definition) is 1. The summed E-state index contributed by atoms with van der Waals surface area (Å²) in [5, 5.41) is 14.2. The van der Waals surface area contributed by atoms with Crippen LogP contribution in [-0.4, -0.2) is 33.2 Å². The Labute approximate surface area is 179 Å². The summed E-state index contributed by atoms with van der Waals surface area (Å²) in [6.07, 6.45) is 1.91. The molecule has 1 heterocycles. The van der Waals surface area contributed by atoms with Gasteiger partial charge in [-0.05, 0) is 52.4 Å². The van der Waals surface area contributed by atoms with Crippen molar-refractivity contribution in [2.75, 3.05) is 12.4 Å². The van der Waals surface area contributed by atoms with Crippen molar-refractivity contribution in [3.63, 3.8) is 0 Å². The molecule has 4 aromatic rings. The Hall–Kier alpha value is -4.20. The van der Waals surface area contributed by atoms with Gasteiger partial charge >= 0.3 is 0 Å².